The van der Waals surface area contributed by atoms with Gasteiger partial charge >= 0.3 is 11.9 Å². The van der Waals surface area contributed by atoms with Gasteiger partial charge in [0.2, 0.25) is 0 Å². The summed E-state index contributed by atoms with van der Waals surface area (Å²) in [5.41, 5.74) is 1.56. The number of aromatic amines is 1. The maximum atomic E-state index is 11.8. The second-order valence-electron chi connectivity index (χ2n) is 4.68. The van der Waals surface area contributed by atoms with Gasteiger partial charge in [-0.3, -0.25) is 5.10 Å². The van der Waals surface area contributed by atoms with Gasteiger partial charge in [-0.2, -0.15) is 5.10 Å². The van der Waals surface area contributed by atoms with Crippen molar-refractivity contribution in [3.05, 3.63) is 48.2 Å². The Morgan fingerprint density at radius 1 is 1.12 bits per heavy atom. The summed E-state index contributed by atoms with van der Waals surface area (Å²) in [6.45, 7) is 3.65. The summed E-state index contributed by atoms with van der Waals surface area (Å²) >= 11 is 0. The van der Waals surface area contributed by atoms with Gasteiger partial charge in [-0.25, -0.2) is 9.59 Å². The first kappa shape index (κ1) is 17.3. The molecule has 24 heavy (non-hydrogen) atoms. The molecule has 126 valence electrons. The SMILES string of the molecule is CCOC(=O)C(=CNc1cc(-c2ccccc2)[nH]n1)C(=O)OCC. The maximum absolute atomic E-state index is 11.8. The minimum Gasteiger partial charge on any atom is -0.462 e. The van der Waals surface area contributed by atoms with E-state index in [1.807, 2.05) is 30.3 Å². The number of aromatic nitrogens is 2. The highest BCUT2D eigenvalue weighted by Crippen LogP contribution is 2.19. The predicted octanol–water partition coefficient (Wildman–Crippen LogP) is 2.50. The van der Waals surface area contributed by atoms with Crippen LogP contribution in [0.2, 0.25) is 0 Å². The molecule has 0 aliphatic rings. The van der Waals surface area contributed by atoms with E-state index in [0.29, 0.717) is 5.82 Å². The van der Waals surface area contributed by atoms with E-state index in [4.69, 9.17) is 9.47 Å². The lowest BCUT2D eigenvalue weighted by Crippen LogP contribution is -2.19. The number of carbonyl (C=O) groups is 2. The van der Waals surface area contributed by atoms with Crippen molar-refractivity contribution in [1.82, 2.24) is 10.2 Å². The van der Waals surface area contributed by atoms with Crippen molar-refractivity contribution in [1.29, 1.82) is 0 Å². The summed E-state index contributed by atoms with van der Waals surface area (Å²) in [5.74, 6) is -1.04. The van der Waals surface area contributed by atoms with Crippen LogP contribution in [0.25, 0.3) is 11.3 Å². The van der Waals surface area contributed by atoms with E-state index >= 15 is 0 Å². The van der Waals surface area contributed by atoms with E-state index in [-0.39, 0.29) is 18.8 Å². The highest BCUT2D eigenvalue weighted by atomic mass is 16.6. The zero-order chi connectivity index (χ0) is 17.4. The molecular formula is C17H19N3O4. The molecule has 0 aliphatic carbocycles. The van der Waals surface area contributed by atoms with Gasteiger partial charge in [0.05, 0.1) is 18.9 Å². The number of ether oxygens (including phenoxy) is 2. The first-order valence-corrected chi connectivity index (χ1v) is 7.57. The summed E-state index contributed by atoms with van der Waals surface area (Å²) < 4.78 is 9.72. The molecule has 0 aliphatic heterocycles. The van der Waals surface area contributed by atoms with E-state index in [0.717, 1.165) is 11.3 Å². The highest BCUT2D eigenvalue weighted by molar-refractivity contribution is 6.14. The standard InChI is InChI=1S/C17H19N3O4/c1-3-23-16(21)13(17(22)24-4-2)11-18-15-10-14(19-20-15)12-8-6-5-7-9-12/h5-11H,3-4H2,1-2H3,(H2,18,19,20). The molecule has 1 aromatic heterocycles. The van der Waals surface area contributed by atoms with Crippen LogP contribution in [0, 0.1) is 0 Å². The Balaban J connectivity index is 2.15. The van der Waals surface area contributed by atoms with Crippen LogP contribution in [-0.4, -0.2) is 35.3 Å². The summed E-state index contributed by atoms with van der Waals surface area (Å²) in [6.07, 6.45) is 1.24. The summed E-state index contributed by atoms with van der Waals surface area (Å²) in [6, 6.07) is 11.4. The lowest BCUT2D eigenvalue weighted by molar-refractivity contribution is -0.146. The molecule has 0 bridgehead atoms. The number of benzene rings is 1. The van der Waals surface area contributed by atoms with Crippen molar-refractivity contribution < 1.29 is 19.1 Å². The largest absolute Gasteiger partial charge is 0.462 e. The average molecular weight is 329 g/mol. The summed E-state index contributed by atoms with van der Waals surface area (Å²) in [4.78, 5) is 23.7. The maximum Gasteiger partial charge on any atom is 0.347 e. The van der Waals surface area contributed by atoms with Crippen LogP contribution in [0.5, 0.6) is 0 Å². The fourth-order valence-electron chi connectivity index (χ4n) is 1.93. The van der Waals surface area contributed by atoms with Crippen molar-refractivity contribution in [3.63, 3.8) is 0 Å². The second kappa shape index (κ2) is 8.52. The van der Waals surface area contributed by atoms with Crippen molar-refractivity contribution in [3.8, 4) is 11.3 Å². The number of nitrogens with one attached hydrogen (secondary N) is 2. The Bertz CT molecular complexity index is 702. The second-order valence-corrected chi connectivity index (χ2v) is 4.68. The molecule has 1 aromatic carbocycles. The topological polar surface area (TPSA) is 93.3 Å². The summed E-state index contributed by atoms with van der Waals surface area (Å²) in [5, 5.41) is 9.78. The van der Waals surface area contributed by atoms with Gasteiger partial charge in [0, 0.05) is 12.3 Å². The molecule has 0 atom stereocenters. The minimum atomic E-state index is -0.748. The van der Waals surface area contributed by atoms with Crippen LogP contribution in [-0.2, 0) is 19.1 Å². The fraction of sp³-hybridized carbons (Fsp3) is 0.235. The Labute approximate surface area is 139 Å². The van der Waals surface area contributed by atoms with Gasteiger partial charge in [-0.15, -0.1) is 0 Å². The van der Waals surface area contributed by atoms with Crippen molar-refractivity contribution in [2.75, 3.05) is 18.5 Å². The molecule has 7 heteroatoms. The lowest BCUT2D eigenvalue weighted by Gasteiger charge is -2.06. The zero-order valence-corrected chi connectivity index (χ0v) is 13.5. The number of nitrogens with zero attached hydrogens (tertiary/aromatic N) is 1. The molecule has 0 saturated carbocycles. The monoisotopic (exact) mass is 329 g/mol. The molecule has 0 radical (unpaired) electrons. The van der Waals surface area contributed by atoms with E-state index in [1.54, 1.807) is 19.9 Å². The number of anilines is 1. The van der Waals surface area contributed by atoms with Gasteiger partial charge < -0.3 is 14.8 Å². The van der Waals surface area contributed by atoms with Gasteiger partial charge in [-0.05, 0) is 19.4 Å². The number of carbonyl (C=O) groups excluding carboxylic acids is 2. The van der Waals surface area contributed by atoms with Crippen molar-refractivity contribution in [2.45, 2.75) is 13.8 Å². The Morgan fingerprint density at radius 2 is 1.75 bits per heavy atom. The van der Waals surface area contributed by atoms with Gasteiger partial charge in [0.1, 0.15) is 0 Å². The van der Waals surface area contributed by atoms with Gasteiger partial charge in [0.25, 0.3) is 0 Å². The fourth-order valence-corrected chi connectivity index (χ4v) is 1.93. The third kappa shape index (κ3) is 4.45. The third-order valence-electron chi connectivity index (χ3n) is 3.02. The lowest BCUT2D eigenvalue weighted by atomic mass is 10.2. The Hall–Kier alpha value is -3.09. The van der Waals surface area contributed by atoms with Gasteiger partial charge in [-0.1, -0.05) is 30.3 Å². The molecule has 0 amide bonds. The highest BCUT2D eigenvalue weighted by Gasteiger charge is 2.21. The quantitative estimate of drug-likeness (QED) is 0.351. The van der Waals surface area contributed by atoms with E-state index < -0.39 is 11.9 Å². The minimum absolute atomic E-state index is 0.163. The molecule has 0 saturated heterocycles. The Morgan fingerprint density at radius 3 is 2.33 bits per heavy atom. The average Bonchev–Trinajstić information content (AvgIpc) is 3.05. The van der Waals surface area contributed by atoms with Gasteiger partial charge in [0.15, 0.2) is 11.4 Å². The number of H-pyrrole nitrogens is 1. The number of hydrogen-bond donors (Lipinski definition) is 2. The zero-order valence-electron chi connectivity index (χ0n) is 13.5. The third-order valence-corrected chi connectivity index (χ3v) is 3.02. The number of esters is 2. The van der Waals surface area contributed by atoms with E-state index in [2.05, 4.69) is 15.5 Å². The molecule has 2 rings (SSSR count). The number of rotatable bonds is 7. The molecule has 7 nitrogen and oxygen atoms in total. The van der Waals surface area contributed by atoms with Crippen LogP contribution in [0.15, 0.2) is 48.2 Å². The van der Waals surface area contributed by atoms with Crippen LogP contribution in [0.4, 0.5) is 5.82 Å². The smallest absolute Gasteiger partial charge is 0.347 e. The molecule has 0 fully saturated rings. The van der Waals surface area contributed by atoms with Crippen LogP contribution in [0.3, 0.4) is 0 Å². The molecule has 2 aromatic rings. The molecule has 2 N–H and O–H groups in total. The number of hydrogen-bond acceptors (Lipinski definition) is 6. The normalized spacial score (nSPS) is 9.92. The van der Waals surface area contributed by atoms with Crippen LogP contribution in [0.1, 0.15) is 13.8 Å². The summed E-state index contributed by atoms with van der Waals surface area (Å²) in [7, 11) is 0. The van der Waals surface area contributed by atoms with Crippen molar-refractivity contribution >= 4 is 17.8 Å². The Kier molecular flexibility index (Phi) is 6.13. The molecule has 0 unspecified atom stereocenters. The molecular weight excluding hydrogens is 310 g/mol. The van der Waals surface area contributed by atoms with Crippen molar-refractivity contribution in [2.24, 2.45) is 0 Å². The first-order chi connectivity index (χ1) is 11.7. The van der Waals surface area contributed by atoms with E-state index in [9.17, 15) is 9.59 Å². The molecule has 1 heterocycles. The van der Waals surface area contributed by atoms with E-state index in [1.165, 1.54) is 6.20 Å². The first-order valence-electron chi connectivity index (χ1n) is 7.57. The molecule has 0 spiro atoms. The predicted molar refractivity (Wildman–Crippen MR) is 89.0 cm³/mol. The van der Waals surface area contributed by atoms with Crippen LogP contribution >= 0.6 is 0 Å². The van der Waals surface area contributed by atoms with Crippen LogP contribution < -0.4 is 5.32 Å².